The van der Waals surface area contributed by atoms with Gasteiger partial charge in [0.05, 0.1) is 5.39 Å². The van der Waals surface area contributed by atoms with E-state index in [0.29, 0.717) is 12.5 Å². The standard InChI is InChI=1S/C18H15N5O2S/c1-11-7-13-16(19-9-12-3-4-14-15(8-12)25-10-24-14)21-18(22-17(13)26-11)23-6-2-5-20-23/h2-8H,9-10H2,1H3,(H,19,21,22). The van der Waals surface area contributed by atoms with Crippen molar-refractivity contribution < 1.29 is 9.47 Å². The first-order valence-corrected chi connectivity index (χ1v) is 8.98. The highest BCUT2D eigenvalue weighted by Crippen LogP contribution is 2.33. The number of hydrogen-bond donors (Lipinski definition) is 1. The van der Waals surface area contributed by atoms with Gasteiger partial charge in [-0.05, 0) is 36.8 Å². The molecular formula is C18H15N5O2S. The van der Waals surface area contributed by atoms with Gasteiger partial charge in [0.1, 0.15) is 10.6 Å². The monoisotopic (exact) mass is 365 g/mol. The molecule has 8 heteroatoms. The molecule has 4 aromatic rings. The van der Waals surface area contributed by atoms with Gasteiger partial charge < -0.3 is 14.8 Å². The van der Waals surface area contributed by atoms with Crippen LogP contribution in [-0.2, 0) is 6.54 Å². The summed E-state index contributed by atoms with van der Waals surface area (Å²) in [6.07, 6.45) is 3.55. The lowest BCUT2D eigenvalue weighted by molar-refractivity contribution is 0.174. The molecule has 0 amide bonds. The zero-order chi connectivity index (χ0) is 17.5. The lowest BCUT2D eigenvalue weighted by Crippen LogP contribution is -2.07. The van der Waals surface area contributed by atoms with Crippen LogP contribution in [-0.4, -0.2) is 26.5 Å². The maximum atomic E-state index is 5.45. The van der Waals surface area contributed by atoms with Crippen molar-refractivity contribution in [2.24, 2.45) is 0 Å². The molecule has 7 nitrogen and oxygen atoms in total. The summed E-state index contributed by atoms with van der Waals surface area (Å²) in [4.78, 5) is 11.4. The van der Waals surface area contributed by atoms with Crippen LogP contribution in [0, 0.1) is 6.92 Å². The van der Waals surface area contributed by atoms with Gasteiger partial charge in [-0.25, -0.2) is 4.68 Å². The Kier molecular flexibility index (Phi) is 3.49. The molecule has 0 bridgehead atoms. The van der Waals surface area contributed by atoms with Gasteiger partial charge >= 0.3 is 0 Å². The van der Waals surface area contributed by atoms with Crippen molar-refractivity contribution in [3.63, 3.8) is 0 Å². The second-order valence-corrected chi connectivity index (χ2v) is 7.17. The maximum absolute atomic E-state index is 5.45. The van der Waals surface area contributed by atoms with Crippen LogP contribution in [0.2, 0.25) is 0 Å². The predicted molar refractivity (Wildman–Crippen MR) is 99.2 cm³/mol. The Morgan fingerprint density at radius 1 is 1.19 bits per heavy atom. The lowest BCUT2D eigenvalue weighted by Gasteiger charge is -2.09. The minimum Gasteiger partial charge on any atom is -0.454 e. The van der Waals surface area contributed by atoms with E-state index in [1.165, 1.54) is 4.88 Å². The van der Waals surface area contributed by atoms with E-state index in [2.05, 4.69) is 33.4 Å². The number of aromatic nitrogens is 4. The Morgan fingerprint density at radius 3 is 3.00 bits per heavy atom. The summed E-state index contributed by atoms with van der Waals surface area (Å²) in [7, 11) is 0. The third-order valence-corrected chi connectivity index (χ3v) is 5.05. The summed E-state index contributed by atoms with van der Waals surface area (Å²) in [6, 6.07) is 9.90. The van der Waals surface area contributed by atoms with Crippen molar-refractivity contribution in [1.29, 1.82) is 0 Å². The van der Waals surface area contributed by atoms with Gasteiger partial charge in [-0.15, -0.1) is 11.3 Å². The first kappa shape index (κ1) is 15.2. The summed E-state index contributed by atoms with van der Waals surface area (Å²) in [5.41, 5.74) is 1.09. The highest BCUT2D eigenvalue weighted by atomic mass is 32.1. The minimum absolute atomic E-state index is 0.278. The van der Waals surface area contributed by atoms with Gasteiger partial charge in [0.15, 0.2) is 11.5 Å². The second kappa shape index (κ2) is 5.99. The molecule has 0 saturated heterocycles. The van der Waals surface area contributed by atoms with Crippen molar-refractivity contribution in [2.45, 2.75) is 13.5 Å². The molecule has 0 radical (unpaired) electrons. The number of benzene rings is 1. The largest absolute Gasteiger partial charge is 0.454 e. The Morgan fingerprint density at radius 2 is 2.12 bits per heavy atom. The molecule has 0 aliphatic carbocycles. The van der Waals surface area contributed by atoms with Crippen molar-refractivity contribution >= 4 is 27.4 Å². The SMILES string of the molecule is Cc1cc2c(NCc3ccc4c(c3)OCO4)nc(-n3cccn3)nc2s1. The van der Waals surface area contributed by atoms with Crippen molar-refractivity contribution in [3.05, 3.63) is 53.2 Å². The van der Waals surface area contributed by atoms with Crippen LogP contribution in [0.15, 0.2) is 42.7 Å². The van der Waals surface area contributed by atoms with E-state index in [0.717, 1.165) is 33.1 Å². The Labute approximate surface area is 153 Å². The van der Waals surface area contributed by atoms with Crippen LogP contribution < -0.4 is 14.8 Å². The van der Waals surface area contributed by atoms with Crippen LogP contribution in [0.1, 0.15) is 10.4 Å². The van der Waals surface area contributed by atoms with Gasteiger partial charge in [0, 0.05) is 23.8 Å². The number of aryl methyl sites for hydroxylation is 1. The lowest BCUT2D eigenvalue weighted by atomic mass is 10.2. The number of nitrogens with one attached hydrogen (secondary N) is 1. The molecule has 26 heavy (non-hydrogen) atoms. The molecule has 1 N–H and O–H groups in total. The Bertz CT molecular complexity index is 1090. The summed E-state index contributed by atoms with van der Waals surface area (Å²) in [5.74, 6) is 2.91. The van der Waals surface area contributed by atoms with Crippen LogP contribution in [0.5, 0.6) is 11.5 Å². The zero-order valence-electron chi connectivity index (χ0n) is 14.0. The molecule has 130 valence electrons. The molecule has 0 fully saturated rings. The van der Waals surface area contributed by atoms with Crippen LogP contribution in [0.4, 0.5) is 5.82 Å². The smallest absolute Gasteiger partial charge is 0.253 e. The van der Waals surface area contributed by atoms with E-state index in [1.807, 2.05) is 30.5 Å². The molecule has 3 aromatic heterocycles. The van der Waals surface area contributed by atoms with Gasteiger partial charge in [-0.1, -0.05) is 6.07 Å². The summed E-state index contributed by atoms with van der Waals surface area (Å²) in [5, 5.41) is 8.68. The highest BCUT2D eigenvalue weighted by molar-refractivity contribution is 7.18. The van der Waals surface area contributed by atoms with E-state index in [4.69, 9.17) is 9.47 Å². The van der Waals surface area contributed by atoms with Crippen LogP contribution >= 0.6 is 11.3 Å². The van der Waals surface area contributed by atoms with Crippen LogP contribution in [0.25, 0.3) is 16.2 Å². The molecule has 1 aliphatic heterocycles. The minimum atomic E-state index is 0.278. The fourth-order valence-electron chi connectivity index (χ4n) is 2.89. The van der Waals surface area contributed by atoms with Gasteiger partial charge in [0.25, 0.3) is 5.95 Å². The summed E-state index contributed by atoms with van der Waals surface area (Å²) >= 11 is 1.65. The van der Waals surface area contributed by atoms with E-state index in [1.54, 1.807) is 22.2 Å². The summed E-state index contributed by atoms with van der Waals surface area (Å²) < 4.78 is 12.5. The third kappa shape index (κ3) is 2.64. The average molecular weight is 365 g/mol. The number of thiophene rings is 1. The van der Waals surface area contributed by atoms with E-state index in [-0.39, 0.29) is 6.79 Å². The Balaban J connectivity index is 1.49. The summed E-state index contributed by atoms with van der Waals surface area (Å²) in [6.45, 7) is 2.97. The second-order valence-electron chi connectivity index (χ2n) is 5.94. The number of ether oxygens (including phenoxy) is 2. The van der Waals surface area contributed by atoms with Gasteiger partial charge in [0.2, 0.25) is 6.79 Å². The molecule has 0 saturated carbocycles. The molecular weight excluding hydrogens is 350 g/mol. The first-order valence-electron chi connectivity index (χ1n) is 8.17. The quantitative estimate of drug-likeness (QED) is 0.596. The molecule has 0 unspecified atom stereocenters. The van der Waals surface area contributed by atoms with E-state index < -0.39 is 0 Å². The Hall–Kier alpha value is -3.13. The number of hydrogen-bond acceptors (Lipinski definition) is 7. The molecule has 0 spiro atoms. The predicted octanol–water partition coefficient (Wildman–Crippen LogP) is 3.53. The molecule has 1 aromatic carbocycles. The number of fused-ring (bicyclic) bond motifs is 2. The maximum Gasteiger partial charge on any atom is 0.253 e. The van der Waals surface area contributed by atoms with E-state index >= 15 is 0 Å². The zero-order valence-corrected chi connectivity index (χ0v) is 14.8. The fraction of sp³-hybridized carbons (Fsp3) is 0.167. The van der Waals surface area contributed by atoms with Crippen molar-refractivity contribution in [2.75, 3.05) is 12.1 Å². The molecule has 5 rings (SSSR count). The van der Waals surface area contributed by atoms with Crippen molar-refractivity contribution in [3.8, 4) is 17.4 Å². The number of nitrogens with zero attached hydrogens (tertiary/aromatic N) is 4. The van der Waals surface area contributed by atoms with Crippen molar-refractivity contribution in [1.82, 2.24) is 19.7 Å². The normalized spacial score (nSPS) is 12.7. The van der Waals surface area contributed by atoms with E-state index in [9.17, 15) is 0 Å². The fourth-order valence-corrected chi connectivity index (χ4v) is 3.77. The third-order valence-electron chi connectivity index (χ3n) is 4.11. The topological polar surface area (TPSA) is 74.1 Å². The highest BCUT2D eigenvalue weighted by Gasteiger charge is 2.15. The molecule has 0 atom stereocenters. The number of rotatable bonds is 4. The first-order chi connectivity index (χ1) is 12.8. The molecule has 1 aliphatic rings. The average Bonchev–Trinajstić information content (AvgIpc) is 3.38. The molecule has 4 heterocycles. The van der Waals surface area contributed by atoms with Gasteiger partial charge in [-0.2, -0.15) is 15.1 Å². The van der Waals surface area contributed by atoms with Crippen LogP contribution in [0.3, 0.4) is 0 Å². The van der Waals surface area contributed by atoms with Gasteiger partial charge in [-0.3, -0.25) is 0 Å². The number of anilines is 1.